The second kappa shape index (κ2) is 19.0. The van der Waals surface area contributed by atoms with E-state index in [-0.39, 0.29) is 11.5 Å². The normalized spacial score (nSPS) is 18.0. The first-order valence-electron chi connectivity index (χ1n) is 22.6. The van der Waals surface area contributed by atoms with Crippen molar-refractivity contribution in [2.45, 2.75) is 129 Å². The minimum absolute atomic E-state index is 0.161. The highest BCUT2D eigenvalue weighted by atomic mass is 16.3. The zero-order chi connectivity index (χ0) is 40.8. The van der Waals surface area contributed by atoms with Crippen LogP contribution >= 0.6 is 0 Å². The molecule has 0 atom stereocenters. The average Bonchev–Trinajstić information content (AvgIpc) is 3.23. The lowest BCUT2D eigenvalue weighted by atomic mass is 9.60. The summed E-state index contributed by atoms with van der Waals surface area (Å²) < 4.78 is 0. The number of hydrogen-bond acceptors (Lipinski definition) is 6. The first-order chi connectivity index (χ1) is 28.4. The van der Waals surface area contributed by atoms with Gasteiger partial charge in [0, 0.05) is 70.3 Å². The van der Waals surface area contributed by atoms with Gasteiger partial charge in [-0.15, -0.1) is 0 Å². The van der Waals surface area contributed by atoms with Gasteiger partial charge in [-0.2, -0.15) is 0 Å². The minimum atomic E-state index is -0.973. The van der Waals surface area contributed by atoms with Gasteiger partial charge < -0.3 is 30.2 Å². The predicted octanol–water partition coefficient (Wildman–Crippen LogP) is 12.7. The van der Waals surface area contributed by atoms with E-state index in [9.17, 15) is 20.4 Å². The van der Waals surface area contributed by atoms with Crippen molar-refractivity contribution in [2.75, 3.05) is 36.0 Å². The summed E-state index contributed by atoms with van der Waals surface area (Å²) in [5.74, 6) is -0.998. The van der Waals surface area contributed by atoms with E-state index in [4.69, 9.17) is 0 Å². The lowest BCUT2D eigenvalue weighted by Gasteiger charge is -2.48. The number of anilines is 2. The Hall–Kier alpha value is -4.52. The molecule has 58 heavy (non-hydrogen) atoms. The van der Waals surface area contributed by atoms with Crippen molar-refractivity contribution < 1.29 is 20.4 Å². The van der Waals surface area contributed by atoms with Gasteiger partial charge >= 0.3 is 0 Å². The van der Waals surface area contributed by atoms with Crippen LogP contribution in [0.4, 0.5) is 11.4 Å². The molecule has 0 bridgehead atoms. The molecule has 7 rings (SSSR count). The zero-order valence-electron chi connectivity index (χ0n) is 35.4. The van der Waals surface area contributed by atoms with Crippen molar-refractivity contribution >= 4 is 54.5 Å². The molecular formula is C52H66N2O4. The highest BCUT2D eigenvalue weighted by molar-refractivity contribution is 6.17. The Kier molecular flexibility index (Phi) is 13.7. The summed E-state index contributed by atoms with van der Waals surface area (Å²) in [6.45, 7) is 12.7. The molecule has 1 saturated carbocycles. The molecule has 308 valence electrons. The maximum atomic E-state index is 12.7. The Morgan fingerprint density at radius 1 is 0.397 bits per heavy atom. The number of aromatic hydroxyl groups is 2. The third-order valence-corrected chi connectivity index (χ3v) is 13.0. The van der Waals surface area contributed by atoms with E-state index in [2.05, 4.69) is 86.0 Å². The van der Waals surface area contributed by atoms with Crippen LogP contribution in [0, 0.1) is 0 Å². The largest absolute Gasteiger partial charge is 0.507 e. The van der Waals surface area contributed by atoms with Crippen molar-refractivity contribution in [3.63, 3.8) is 0 Å². The van der Waals surface area contributed by atoms with E-state index in [0.29, 0.717) is 10.8 Å². The number of fused-ring (bicyclic) bond motifs is 4. The molecule has 6 aromatic carbocycles. The summed E-state index contributed by atoms with van der Waals surface area (Å²) in [6, 6.07) is 28.3. The monoisotopic (exact) mass is 783 g/mol. The number of phenols is 2. The molecule has 0 aliphatic heterocycles. The molecule has 6 aromatic rings. The van der Waals surface area contributed by atoms with E-state index in [1.807, 2.05) is 24.3 Å². The fraction of sp³-hybridized carbons (Fsp3) is 0.462. The standard InChI is InChI=1S/C52H66N2O4/c1-5-9-17-31-53(32-18-10-6-2)49-37-25-15-13-23-35(37)45(43-39(49)27-21-29-41(43)55)47-51(57)48(52(47)58)46-36-24-14-16-26-38(36)50(40-28-22-30-42(56)44(40)46)54(33-19-11-7-3)34-20-12-8-4/h13-16,21-30,47-48,51-52,55-58H,5-12,17-20,31-34H2,1-4H3. The van der Waals surface area contributed by atoms with E-state index < -0.39 is 24.0 Å². The number of benzene rings is 6. The van der Waals surface area contributed by atoms with Crippen molar-refractivity contribution in [3.8, 4) is 11.5 Å². The molecule has 0 unspecified atom stereocenters. The molecule has 1 aliphatic carbocycles. The van der Waals surface area contributed by atoms with E-state index in [1.165, 1.54) is 0 Å². The van der Waals surface area contributed by atoms with Crippen LogP contribution in [0.25, 0.3) is 43.1 Å². The summed E-state index contributed by atoms with van der Waals surface area (Å²) in [5, 5.41) is 56.3. The van der Waals surface area contributed by atoms with Crippen LogP contribution in [0.15, 0.2) is 84.9 Å². The van der Waals surface area contributed by atoms with Crippen LogP contribution in [0.3, 0.4) is 0 Å². The Balaban J connectivity index is 1.40. The third-order valence-electron chi connectivity index (χ3n) is 13.0. The Bertz CT molecular complexity index is 2130. The van der Waals surface area contributed by atoms with Crippen LogP contribution in [-0.4, -0.2) is 58.8 Å². The number of phenolic OH excluding ortho intramolecular Hbond substituents is 2. The summed E-state index contributed by atoms with van der Waals surface area (Å²) in [4.78, 5) is 5.04. The van der Waals surface area contributed by atoms with Crippen molar-refractivity contribution in [3.05, 3.63) is 96.1 Å². The van der Waals surface area contributed by atoms with Crippen LogP contribution in [0.1, 0.15) is 128 Å². The van der Waals surface area contributed by atoms with E-state index in [1.54, 1.807) is 12.1 Å². The molecule has 0 aromatic heterocycles. The number of aliphatic hydroxyl groups is 2. The van der Waals surface area contributed by atoms with Crippen LogP contribution in [0.5, 0.6) is 11.5 Å². The molecular weight excluding hydrogens is 717 g/mol. The Morgan fingerprint density at radius 3 is 1.03 bits per heavy atom. The van der Waals surface area contributed by atoms with Crippen molar-refractivity contribution in [1.82, 2.24) is 0 Å². The van der Waals surface area contributed by atoms with Gasteiger partial charge in [0.05, 0.1) is 23.6 Å². The Morgan fingerprint density at radius 2 is 0.707 bits per heavy atom. The topological polar surface area (TPSA) is 87.4 Å². The SMILES string of the molecule is CCCCCN(CCCCC)c1c2ccccc2c(C2C(O)C(c3c4ccccc4c(N(CCCCC)CCCCC)c4cccc(O)c34)C2O)c2c(O)cccc12. The molecule has 1 fully saturated rings. The van der Waals surface area contributed by atoms with Gasteiger partial charge in [0.2, 0.25) is 0 Å². The third kappa shape index (κ3) is 7.82. The molecule has 0 radical (unpaired) electrons. The number of rotatable bonds is 20. The molecule has 0 saturated heterocycles. The summed E-state index contributed by atoms with van der Waals surface area (Å²) in [7, 11) is 0. The van der Waals surface area contributed by atoms with Gasteiger partial charge in [0.1, 0.15) is 11.5 Å². The first-order valence-corrected chi connectivity index (χ1v) is 22.6. The summed E-state index contributed by atoms with van der Waals surface area (Å²) in [5.41, 5.74) is 3.82. The van der Waals surface area contributed by atoms with Gasteiger partial charge in [-0.05, 0) is 59.7 Å². The second-order valence-corrected chi connectivity index (χ2v) is 16.9. The number of aliphatic hydroxyl groups excluding tert-OH is 2. The number of nitrogens with zero attached hydrogens (tertiary/aromatic N) is 2. The number of hydrogen-bond donors (Lipinski definition) is 4. The quantitative estimate of drug-likeness (QED) is 0.0456. The van der Waals surface area contributed by atoms with Crippen LogP contribution < -0.4 is 9.80 Å². The van der Waals surface area contributed by atoms with E-state index >= 15 is 0 Å². The molecule has 1 aliphatic rings. The fourth-order valence-corrected chi connectivity index (χ4v) is 10.1. The van der Waals surface area contributed by atoms with Gasteiger partial charge in [-0.1, -0.05) is 152 Å². The van der Waals surface area contributed by atoms with Gasteiger partial charge in [-0.25, -0.2) is 0 Å². The smallest absolute Gasteiger partial charge is 0.123 e. The average molecular weight is 783 g/mol. The van der Waals surface area contributed by atoms with Crippen molar-refractivity contribution in [2.24, 2.45) is 0 Å². The maximum absolute atomic E-state index is 12.7. The Labute approximate surface area is 346 Å². The fourth-order valence-electron chi connectivity index (χ4n) is 10.1. The zero-order valence-corrected chi connectivity index (χ0v) is 35.4. The highest BCUT2D eigenvalue weighted by Crippen LogP contribution is 2.58. The molecule has 0 amide bonds. The maximum Gasteiger partial charge on any atom is 0.123 e. The molecule has 6 nitrogen and oxygen atoms in total. The highest BCUT2D eigenvalue weighted by Gasteiger charge is 2.53. The van der Waals surface area contributed by atoms with Crippen molar-refractivity contribution in [1.29, 1.82) is 0 Å². The van der Waals surface area contributed by atoms with Gasteiger partial charge in [-0.3, -0.25) is 0 Å². The molecule has 0 heterocycles. The molecule has 6 heteroatoms. The minimum Gasteiger partial charge on any atom is -0.507 e. The summed E-state index contributed by atoms with van der Waals surface area (Å²) >= 11 is 0. The predicted molar refractivity (Wildman–Crippen MR) is 246 cm³/mol. The number of unbranched alkanes of at least 4 members (excludes halogenated alkanes) is 8. The first kappa shape index (κ1) is 41.6. The molecule has 0 spiro atoms. The second-order valence-electron chi connectivity index (χ2n) is 16.9. The van der Waals surface area contributed by atoms with Crippen LogP contribution in [-0.2, 0) is 0 Å². The van der Waals surface area contributed by atoms with Crippen LogP contribution in [0.2, 0.25) is 0 Å². The summed E-state index contributed by atoms with van der Waals surface area (Å²) in [6.07, 6.45) is 11.6. The lowest BCUT2D eigenvalue weighted by Crippen LogP contribution is -2.52. The molecule has 4 N–H and O–H groups in total. The lowest BCUT2D eigenvalue weighted by molar-refractivity contribution is -0.0766. The van der Waals surface area contributed by atoms with Gasteiger partial charge in [0.25, 0.3) is 0 Å². The van der Waals surface area contributed by atoms with E-state index in [0.717, 1.165) is 158 Å². The van der Waals surface area contributed by atoms with Gasteiger partial charge in [0.15, 0.2) is 0 Å².